The van der Waals surface area contributed by atoms with Gasteiger partial charge in [0.05, 0.1) is 18.8 Å². The number of carbonyl (C=O) groups excluding carboxylic acids is 2. The van der Waals surface area contributed by atoms with Crippen molar-refractivity contribution in [3.8, 4) is 0 Å². The fourth-order valence-electron chi connectivity index (χ4n) is 5.49. The van der Waals surface area contributed by atoms with Gasteiger partial charge in [-0.3, -0.25) is 14.7 Å². The fourth-order valence-corrected chi connectivity index (χ4v) is 5.49. The zero-order chi connectivity index (χ0) is 26.3. The van der Waals surface area contributed by atoms with Gasteiger partial charge in [0.25, 0.3) is 0 Å². The quantitative estimate of drug-likeness (QED) is 0.619. The molecule has 2 fully saturated rings. The molecule has 2 atom stereocenters. The topological polar surface area (TPSA) is 78.0 Å². The van der Waals surface area contributed by atoms with Gasteiger partial charge in [0.15, 0.2) is 0 Å². The Bertz CT molecular complexity index is 1210. The number of carbonyl (C=O) groups is 2. The number of nitrogens with zero attached hydrogens (tertiary/aromatic N) is 4. The Morgan fingerprint density at radius 2 is 2.05 bits per heavy atom. The lowest BCUT2D eigenvalue weighted by Gasteiger charge is -2.40. The summed E-state index contributed by atoms with van der Waals surface area (Å²) in [7, 11) is 0. The number of piperazine rings is 1. The summed E-state index contributed by atoms with van der Waals surface area (Å²) in [5, 5.41) is 3.45. The number of hydrogen-bond acceptors (Lipinski definition) is 6. The molecule has 8 nitrogen and oxygen atoms in total. The Morgan fingerprint density at radius 1 is 1.26 bits per heavy atom. The fraction of sp³-hybridized carbons (Fsp3) is 0.536. The maximum absolute atomic E-state index is 14.3. The number of cyclic esters (lactones) is 1. The first-order valence-corrected chi connectivity index (χ1v) is 12.7. The number of aromatic nitrogens is 1. The van der Waals surface area contributed by atoms with E-state index in [9.17, 15) is 18.4 Å². The summed E-state index contributed by atoms with van der Waals surface area (Å²) in [6.45, 7) is 9.80. The zero-order valence-electron chi connectivity index (χ0n) is 21.5. The molecule has 1 aromatic heterocycles. The van der Waals surface area contributed by atoms with Crippen LogP contribution in [0.5, 0.6) is 0 Å². The second kappa shape index (κ2) is 10.9. The number of fused-ring (bicyclic) bond motifs is 1. The lowest BCUT2D eigenvalue weighted by molar-refractivity contribution is -0.120. The van der Waals surface area contributed by atoms with Crippen LogP contribution in [-0.4, -0.2) is 84.7 Å². The number of rotatable bonds is 6. The molecule has 38 heavy (non-hydrogen) atoms. The Balaban J connectivity index is 0.00000336. The van der Waals surface area contributed by atoms with E-state index in [0.717, 1.165) is 17.3 Å². The van der Waals surface area contributed by atoms with Crippen molar-refractivity contribution in [3.05, 3.63) is 58.9 Å². The largest absolute Gasteiger partial charge is 0.448 e. The molecule has 0 radical (unpaired) electrons. The molecule has 0 spiro atoms. The van der Waals surface area contributed by atoms with Crippen LogP contribution < -0.4 is 10.2 Å². The molecule has 1 aromatic carbocycles. The maximum atomic E-state index is 14.3. The van der Waals surface area contributed by atoms with Crippen molar-refractivity contribution in [2.24, 2.45) is 0 Å². The van der Waals surface area contributed by atoms with Gasteiger partial charge in [0.1, 0.15) is 18.2 Å². The highest BCUT2D eigenvalue weighted by atomic mass is 19.1. The molecule has 3 aliphatic rings. The summed E-state index contributed by atoms with van der Waals surface area (Å²) in [5.74, 6) is -1.26. The van der Waals surface area contributed by atoms with Gasteiger partial charge in [-0.2, -0.15) is 0 Å². The van der Waals surface area contributed by atoms with E-state index in [4.69, 9.17) is 4.74 Å². The summed E-state index contributed by atoms with van der Waals surface area (Å²) in [4.78, 5) is 35.9. The molecule has 4 heterocycles. The first-order valence-electron chi connectivity index (χ1n) is 12.7. The number of hydrogen-bond donors (Lipinski definition) is 1. The molecule has 1 N–H and O–H groups in total. The van der Waals surface area contributed by atoms with Gasteiger partial charge in [-0.05, 0) is 24.6 Å². The summed E-state index contributed by atoms with van der Waals surface area (Å²) < 4.78 is 32.7. The number of nitrogens with one attached hydrogen (secondary N) is 1. The van der Waals surface area contributed by atoms with Crippen molar-refractivity contribution in [3.63, 3.8) is 0 Å². The van der Waals surface area contributed by atoms with E-state index in [1.54, 1.807) is 16.0 Å². The predicted molar refractivity (Wildman–Crippen MR) is 141 cm³/mol. The molecule has 5 rings (SSSR count). The molecule has 0 aliphatic carbocycles. The molecule has 10 heteroatoms. The van der Waals surface area contributed by atoms with Gasteiger partial charge in [0, 0.05) is 73.6 Å². The molecular formula is C28H37F2N5O3. The SMILES string of the molecule is C.C[C@@H]1CN(CC(=O)N2CC(C)(C)c3cnc(Cc4ccc(F)cc4F)cc32)[C@@H](CN2CCOC2=O)CN1. The number of anilines is 1. The number of benzene rings is 1. The van der Waals surface area contributed by atoms with Crippen molar-refractivity contribution < 1.29 is 23.1 Å². The van der Waals surface area contributed by atoms with Gasteiger partial charge in [0.2, 0.25) is 5.91 Å². The van der Waals surface area contributed by atoms with Crippen molar-refractivity contribution in [1.82, 2.24) is 20.1 Å². The third-order valence-corrected chi connectivity index (χ3v) is 7.54. The Morgan fingerprint density at radius 3 is 2.76 bits per heavy atom. The monoisotopic (exact) mass is 529 g/mol. The van der Waals surface area contributed by atoms with Gasteiger partial charge < -0.3 is 19.9 Å². The molecule has 206 valence electrons. The molecule has 3 aliphatic heterocycles. The van der Waals surface area contributed by atoms with Crippen LogP contribution in [0.25, 0.3) is 0 Å². The molecule has 2 saturated heterocycles. The van der Waals surface area contributed by atoms with Gasteiger partial charge in [-0.1, -0.05) is 27.3 Å². The zero-order valence-corrected chi connectivity index (χ0v) is 21.5. The molecule has 0 saturated carbocycles. The normalized spacial score (nSPS) is 22.7. The van der Waals surface area contributed by atoms with E-state index in [-0.39, 0.29) is 49.9 Å². The smallest absolute Gasteiger partial charge is 0.409 e. The molecule has 2 aromatic rings. The van der Waals surface area contributed by atoms with Gasteiger partial charge in [-0.15, -0.1) is 0 Å². The Hall–Kier alpha value is -3.11. The van der Waals surface area contributed by atoms with Crippen molar-refractivity contribution >= 4 is 17.7 Å². The van der Waals surface area contributed by atoms with Gasteiger partial charge in [-0.25, -0.2) is 13.6 Å². The maximum Gasteiger partial charge on any atom is 0.409 e. The predicted octanol–water partition coefficient (Wildman–Crippen LogP) is 3.33. The van der Waals surface area contributed by atoms with E-state index in [1.807, 2.05) is 6.07 Å². The number of pyridine rings is 1. The van der Waals surface area contributed by atoms with Crippen LogP contribution in [0.15, 0.2) is 30.5 Å². The number of amides is 2. The van der Waals surface area contributed by atoms with Crippen LogP contribution in [0, 0.1) is 11.6 Å². The minimum Gasteiger partial charge on any atom is -0.448 e. The number of ether oxygens (including phenoxy) is 1. The molecule has 0 bridgehead atoms. The van der Waals surface area contributed by atoms with Crippen molar-refractivity contribution in [1.29, 1.82) is 0 Å². The minimum absolute atomic E-state index is 0. The highest BCUT2D eigenvalue weighted by molar-refractivity contribution is 5.97. The molecule has 2 amide bonds. The summed E-state index contributed by atoms with van der Waals surface area (Å²) in [5.41, 5.74) is 2.43. The van der Waals surface area contributed by atoms with Crippen LogP contribution in [0.4, 0.5) is 19.3 Å². The first kappa shape index (κ1) is 27.9. The average molecular weight is 530 g/mol. The van der Waals surface area contributed by atoms with E-state index in [2.05, 4.69) is 36.0 Å². The van der Waals surface area contributed by atoms with E-state index >= 15 is 0 Å². The first-order chi connectivity index (χ1) is 17.6. The van der Waals surface area contributed by atoms with Crippen LogP contribution in [-0.2, 0) is 21.4 Å². The van der Waals surface area contributed by atoms with Crippen LogP contribution in [0.3, 0.4) is 0 Å². The summed E-state index contributed by atoms with van der Waals surface area (Å²) in [6, 6.07) is 5.59. The van der Waals surface area contributed by atoms with E-state index in [0.29, 0.717) is 50.6 Å². The van der Waals surface area contributed by atoms with Crippen LogP contribution in [0.1, 0.15) is 45.0 Å². The number of halogens is 2. The standard InChI is InChI=1S/C27H33F2N5O3.CH4/c1-17-13-33(21(11-30-17)14-32-6-7-37-26(32)36)15-25(35)34-16-27(2,3)22-12-31-20(10-24(22)34)8-18-4-5-19(28)9-23(18)29;/h4-5,9-10,12,17,21,30H,6-8,11,13-16H2,1-3H3;1H4/t17-,21-;/m1./s1. The minimum atomic E-state index is -0.621. The van der Waals surface area contributed by atoms with Crippen molar-refractivity contribution in [2.75, 3.05) is 50.8 Å². The van der Waals surface area contributed by atoms with Crippen LogP contribution >= 0.6 is 0 Å². The second-order valence-corrected chi connectivity index (χ2v) is 10.9. The van der Waals surface area contributed by atoms with Crippen LogP contribution in [0.2, 0.25) is 0 Å². The Kier molecular flexibility index (Phi) is 8.04. The van der Waals surface area contributed by atoms with E-state index < -0.39 is 11.6 Å². The van der Waals surface area contributed by atoms with Crippen molar-refractivity contribution in [2.45, 2.75) is 52.1 Å². The third-order valence-electron chi connectivity index (χ3n) is 7.54. The highest BCUT2D eigenvalue weighted by Gasteiger charge is 2.40. The lowest BCUT2D eigenvalue weighted by Crippen LogP contribution is -2.60. The Labute approximate surface area is 222 Å². The second-order valence-electron chi connectivity index (χ2n) is 10.9. The lowest BCUT2D eigenvalue weighted by atomic mass is 9.88. The molecule has 0 unspecified atom stereocenters. The average Bonchev–Trinajstić information content (AvgIpc) is 3.36. The summed E-state index contributed by atoms with van der Waals surface area (Å²) >= 11 is 0. The van der Waals surface area contributed by atoms with E-state index in [1.165, 1.54) is 12.1 Å². The van der Waals surface area contributed by atoms with Gasteiger partial charge >= 0.3 is 6.09 Å². The highest BCUT2D eigenvalue weighted by Crippen LogP contribution is 2.40. The third kappa shape index (κ3) is 5.66. The molecular weight excluding hydrogens is 492 g/mol. The summed E-state index contributed by atoms with van der Waals surface area (Å²) in [6.07, 6.45) is 1.66.